The van der Waals surface area contributed by atoms with Gasteiger partial charge in [-0.25, -0.2) is 9.97 Å². The average molecular weight is 349 g/mol. The average Bonchev–Trinajstić information content (AvgIpc) is 3.00. The normalized spacial score (nSPS) is 11.0. The third kappa shape index (κ3) is 2.96. The first-order valence-electron chi connectivity index (χ1n) is 8.07. The van der Waals surface area contributed by atoms with Gasteiger partial charge in [-0.15, -0.1) is 0 Å². The minimum atomic E-state index is 0.678. The number of anilines is 2. The van der Waals surface area contributed by atoms with Gasteiger partial charge in [0.05, 0.1) is 5.39 Å². The lowest BCUT2D eigenvalue weighted by Gasteiger charge is -2.12. The lowest BCUT2D eigenvalue weighted by molar-refractivity contribution is 1.19. The molecule has 0 aliphatic heterocycles. The van der Waals surface area contributed by atoms with Crippen molar-refractivity contribution >= 4 is 34.1 Å². The van der Waals surface area contributed by atoms with E-state index in [1.165, 1.54) is 0 Å². The van der Waals surface area contributed by atoms with Gasteiger partial charge in [0.15, 0.2) is 5.82 Å². The zero-order valence-corrected chi connectivity index (χ0v) is 14.7. The topological polar surface area (TPSA) is 53.6 Å². The van der Waals surface area contributed by atoms with Crippen molar-refractivity contribution in [3.63, 3.8) is 0 Å². The third-order valence-electron chi connectivity index (χ3n) is 4.17. The zero-order chi connectivity index (χ0) is 17.4. The highest BCUT2D eigenvalue weighted by molar-refractivity contribution is 6.31. The van der Waals surface area contributed by atoms with Crippen LogP contribution in [0.3, 0.4) is 0 Å². The van der Waals surface area contributed by atoms with Crippen LogP contribution in [-0.2, 0) is 0 Å². The second-order valence-corrected chi connectivity index (χ2v) is 6.42. The monoisotopic (exact) mass is 348 g/mol. The Labute approximate surface area is 150 Å². The van der Waals surface area contributed by atoms with E-state index in [4.69, 9.17) is 16.6 Å². The largest absolute Gasteiger partial charge is 0.343 e. The predicted octanol–water partition coefficient (Wildman–Crippen LogP) is 5.64. The summed E-state index contributed by atoms with van der Waals surface area (Å²) in [5.74, 6) is 1.44. The molecule has 0 saturated carbocycles. The molecule has 4 nitrogen and oxygen atoms in total. The van der Waals surface area contributed by atoms with E-state index in [-0.39, 0.29) is 0 Å². The Hall–Kier alpha value is -2.85. The van der Waals surface area contributed by atoms with Crippen LogP contribution in [0.5, 0.6) is 0 Å². The van der Waals surface area contributed by atoms with Crippen LogP contribution in [0.4, 0.5) is 11.5 Å². The summed E-state index contributed by atoms with van der Waals surface area (Å²) in [4.78, 5) is 12.7. The quantitative estimate of drug-likeness (QED) is 0.503. The Morgan fingerprint density at radius 2 is 1.76 bits per heavy atom. The molecule has 0 bridgehead atoms. The number of H-pyrrole nitrogens is 1. The maximum absolute atomic E-state index is 6.25. The van der Waals surface area contributed by atoms with Crippen LogP contribution in [-0.4, -0.2) is 15.0 Å². The van der Waals surface area contributed by atoms with Gasteiger partial charge < -0.3 is 10.3 Å². The first-order valence-corrected chi connectivity index (χ1v) is 8.44. The molecule has 2 aromatic heterocycles. The number of aromatic nitrogens is 3. The lowest BCUT2D eigenvalue weighted by Crippen LogP contribution is -2.00. The molecule has 2 N–H and O–H groups in total. The van der Waals surface area contributed by atoms with Crippen LogP contribution in [0.1, 0.15) is 11.3 Å². The van der Waals surface area contributed by atoms with Crippen molar-refractivity contribution in [2.75, 3.05) is 5.32 Å². The molecule has 0 atom stereocenters. The standard InChI is InChI=1S/C20H17ClN4/c1-12-11-15-19(22-12)24-18(14-7-4-3-5-8-14)25-20(15)23-17-10-6-9-16(21)13(17)2/h3-11H,1-2H3,(H2,22,23,24,25). The van der Waals surface area contributed by atoms with Gasteiger partial charge in [-0.1, -0.05) is 48.0 Å². The number of rotatable bonds is 3. The van der Waals surface area contributed by atoms with E-state index in [1.54, 1.807) is 0 Å². The Kier molecular flexibility index (Phi) is 3.90. The number of halogens is 1. The number of nitrogens with zero attached hydrogens (tertiary/aromatic N) is 2. The summed E-state index contributed by atoms with van der Waals surface area (Å²) in [7, 11) is 0. The molecule has 0 aliphatic carbocycles. The molecule has 0 aliphatic rings. The summed E-state index contributed by atoms with van der Waals surface area (Å²) < 4.78 is 0. The molecule has 0 amide bonds. The van der Waals surface area contributed by atoms with Gasteiger partial charge in [0.2, 0.25) is 0 Å². The Balaban J connectivity index is 1.88. The van der Waals surface area contributed by atoms with Crippen LogP contribution in [0, 0.1) is 13.8 Å². The van der Waals surface area contributed by atoms with E-state index < -0.39 is 0 Å². The second-order valence-electron chi connectivity index (χ2n) is 6.01. The van der Waals surface area contributed by atoms with Gasteiger partial charge in [-0.2, -0.15) is 0 Å². The minimum absolute atomic E-state index is 0.678. The number of fused-ring (bicyclic) bond motifs is 1. The molecule has 0 saturated heterocycles. The van der Waals surface area contributed by atoms with E-state index in [1.807, 2.05) is 68.4 Å². The van der Waals surface area contributed by atoms with Crippen molar-refractivity contribution in [1.82, 2.24) is 15.0 Å². The lowest BCUT2D eigenvalue weighted by atomic mass is 10.2. The van der Waals surface area contributed by atoms with E-state index in [9.17, 15) is 0 Å². The molecule has 124 valence electrons. The maximum Gasteiger partial charge on any atom is 0.163 e. The fraction of sp³-hybridized carbons (Fsp3) is 0.100. The van der Waals surface area contributed by atoms with Gasteiger partial charge in [0.1, 0.15) is 11.5 Å². The molecule has 5 heteroatoms. The predicted molar refractivity (Wildman–Crippen MR) is 104 cm³/mol. The summed E-state index contributed by atoms with van der Waals surface area (Å²) in [6.45, 7) is 4.00. The molecule has 0 fully saturated rings. The van der Waals surface area contributed by atoms with Crippen molar-refractivity contribution in [3.05, 3.63) is 70.9 Å². The van der Waals surface area contributed by atoms with Crippen LogP contribution >= 0.6 is 11.6 Å². The van der Waals surface area contributed by atoms with E-state index in [0.29, 0.717) is 5.82 Å². The van der Waals surface area contributed by atoms with Crippen LogP contribution in [0.2, 0.25) is 5.02 Å². The smallest absolute Gasteiger partial charge is 0.163 e. The molecule has 0 radical (unpaired) electrons. The second kappa shape index (κ2) is 6.22. The molecule has 4 aromatic rings. The molecular weight excluding hydrogens is 332 g/mol. The van der Waals surface area contributed by atoms with Gasteiger partial charge in [0.25, 0.3) is 0 Å². The summed E-state index contributed by atoms with van der Waals surface area (Å²) in [5.41, 5.74) is 4.76. The van der Waals surface area contributed by atoms with Crippen molar-refractivity contribution < 1.29 is 0 Å². The number of aryl methyl sites for hydroxylation is 1. The fourth-order valence-corrected chi connectivity index (χ4v) is 3.00. The van der Waals surface area contributed by atoms with Gasteiger partial charge in [0, 0.05) is 22.0 Å². The molecule has 0 spiro atoms. The Morgan fingerprint density at radius 3 is 2.56 bits per heavy atom. The van der Waals surface area contributed by atoms with Crippen molar-refractivity contribution in [3.8, 4) is 11.4 Å². The third-order valence-corrected chi connectivity index (χ3v) is 4.58. The molecule has 4 rings (SSSR count). The summed E-state index contributed by atoms with van der Waals surface area (Å²) in [6, 6.07) is 17.8. The zero-order valence-electron chi connectivity index (χ0n) is 14.0. The van der Waals surface area contributed by atoms with Crippen molar-refractivity contribution in [2.45, 2.75) is 13.8 Å². The maximum atomic E-state index is 6.25. The van der Waals surface area contributed by atoms with Crippen molar-refractivity contribution in [2.24, 2.45) is 0 Å². The summed E-state index contributed by atoms with van der Waals surface area (Å²) in [6.07, 6.45) is 0. The first kappa shape index (κ1) is 15.7. The SMILES string of the molecule is Cc1cc2c(Nc3cccc(Cl)c3C)nc(-c3ccccc3)nc2[nH]1. The van der Waals surface area contributed by atoms with Gasteiger partial charge >= 0.3 is 0 Å². The van der Waals surface area contributed by atoms with Crippen LogP contribution in [0.25, 0.3) is 22.4 Å². The number of benzene rings is 2. The fourth-order valence-electron chi connectivity index (χ4n) is 2.82. The number of hydrogen-bond acceptors (Lipinski definition) is 3. The Morgan fingerprint density at radius 1 is 0.960 bits per heavy atom. The molecule has 2 aromatic carbocycles. The van der Waals surface area contributed by atoms with Crippen LogP contribution < -0.4 is 5.32 Å². The summed E-state index contributed by atoms with van der Waals surface area (Å²) >= 11 is 6.25. The number of hydrogen-bond donors (Lipinski definition) is 2. The van der Waals surface area contributed by atoms with E-state index >= 15 is 0 Å². The Bertz CT molecular complexity index is 1050. The van der Waals surface area contributed by atoms with Crippen molar-refractivity contribution in [1.29, 1.82) is 0 Å². The molecular formula is C20H17ClN4. The molecule has 0 unspecified atom stereocenters. The van der Waals surface area contributed by atoms with Crippen LogP contribution in [0.15, 0.2) is 54.6 Å². The van der Waals surface area contributed by atoms with E-state index in [0.717, 1.165) is 44.4 Å². The highest BCUT2D eigenvalue weighted by Crippen LogP contribution is 2.30. The number of aromatic amines is 1. The highest BCUT2D eigenvalue weighted by atomic mass is 35.5. The number of nitrogens with one attached hydrogen (secondary N) is 2. The van der Waals surface area contributed by atoms with Gasteiger partial charge in [-0.05, 0) is 37.6 Å². The first-order chi connectivity index (χ1) is 12.1. The minimum Gasteiger partial charge on any atom is -0.343 e. The summed E-state index contributed by atoms with van der Waals surface area (Å²) in [5, 5.41) is 5.10. The molecule has 2 heterocycles. The molecule has 25 heavy (non-hydrogen) atoms. The van der Waals surface area contributed by atoms with Gasteiger partial charge in [-0.3, -0.25) is 0 Å². The van der Waals surface area contributed by atoms with E-state index in [2.05, 4.69) is 15.3 Å². The highest BCUT2D eigenvalue weighted by Gasteiger charge is 2.13.